The highest BCUT2D eigenvalue weighted by Crippen LogP contribution is 2.32. The van der Waals surface area contributed by atoms with Gasteiger partial charge >= 0.3 is 5.97 Å². The van der Waals surface area contributed by atoms with E-state index in [1.807, 2.05) is 0 Å². The molecular weight excluding hydrogens is 286 g/mol. The number of aliphatic carboxylic acids is 1. The Labute approximate surface area is 131 Å². The minimum atomic E-state index is -1.13. The largest absolute Gasteiger partial charge is 0.480 e. The molecule has 126 valence electrons. The van der Waals surface area contributed by atoms with E-state index in [2.05, 4.69) is 12.2 Å². The molecule has 22 heavy (non-hydrogen) atoms. The lowest BCUT2D eigenvalue weighted by Crippen LogP contribution is -2.58. The number of amides is 1. The van der Waals surface area contributed by atoms with Crippen molar-refractivity contribution >= 4 is 11.9 Å². The van der Waals surface area contributed by atoms with E-state index in [1.165, 1.54) is 0 Å². The lowest BCUT2D eigenvalue weighted by atomic mass is 9.77. The highest BCUT2D eigenvalue weighted by molar-refractivity contribution is 5.89. The summed E-state index contributed by atoms with van der Waals surface area (Å²) in [6.07, 6.45) is 3.95. The van der Waals surface area contributed by atoms with E-state index in [-0.39, 0.29) is 12.0 Å². The Morgan fingerprint density at radius 2 is 2.05 bits per heavy atom. The quantitative estimate of drug-likeness (QED) is 0.780. The van der Waals surface area contributed by atoms with Crippen molar-refractivity contribution in [3.05, 3.63) is 0 Å². The minimum absolute atomic E-state index is 0.0548. The summed E-state index contributed by atoms with van der Waals surface area (Å²) >= 11 is 0. The van der Waals surface area contributed by atoms with Gasteiger partial charge in [-0.05, 0) is 51.4 Å². The first kappa shape index (κ1) is 17.2. The van der Waals surface area contributed by atoms with Gasteiger partial charge in [0.05, 0.1) is 12.7 Å². The van der Waals surface area contributed by atoms with Crippen molar-refractivity contribution < 1.29 is 24.2 Å². The topological polar surface area (TPSA) is 84.9 Å². The second kappa shape index (κ2) is 7.42. The maximum absolute atomic E-state index is 12.3. The van der Waals surface area contributed by atoms with E-state index in [0.29, 0.717) is 25.4 Å². The Balaban J connectivity index is 1.85. The van der Waals surface area contributed by atoms with Crippen LogP contribution in [0.2, 0.25) is 0 Å². The van der Waals surface area contributed by atoms with Crippen LogP contribution in [0, 0.1) is 5.92 Å². The molecule has 1 heterocycles. The molecule has 1 aliphatic carbocycles. The number of hydrogen-bond donors (Lipinski definition) is 2. The summed E-state index contributed by atoms with van der Waals surface area (Å²) in [5.74, 6) is -0.786. The zero-order valence-electron chi connectivity index (χ0n) is 13.5. The first-order chi connectivity index (χ1) is 10.4. The molecule has 2 N–H and O–H groups in total. The van der Waals surface area contributed by atoms with Crippen molar-refractivity contribution in [1.29, 1.82) is 0 Å². The molecule has 2 unspecified atom stereocenters. The molecule has 0 aromatic rings. The van der Waals surface area contributed by atoms with Gasteiger partial charge in [0.2, 0.25) is 5.91 Å². The van der Waals surface area contributed by atoms with Crippen LogP contribution in [-0.2, 0) is 19.1 Å². The average molecular weight is 313 g/mol. The van der Waals surface area contributed by atoms with Crippen molar-refractivity contribution in [2.75, 3.05) is 13.2 Å². The summed E-state index contributed by atoms with van der Waals surface area (Å²) in [5.41, 5.74) is -1.13. The van der Waals surface area contributed by atoms with Gasteiger partial charge in [-0.15, -0.1) is 0 Å². The van der Waals surface area contributed by atoms with E-state index in [0.717, 1.165) is 32.3 Å². The molecule has 1 saturated carbocycles. The van der Waals surface area contributed by atoms with Crippen molar-refractivity contribution in [2.45, 2.75) is 70.1 Å². The number of ether oxygens (including phenoxy) is 2. The van der Waals surface area contributed by atoms with Gasteiger partial charge in [-0.25, -0.2) is 4.79 Å². The summed E-state index contributed by atoms with van der Waals surface area (Å²) in [6, 6.07) is 0. The Bertz CT molecular complexity index is 397. The maximum Gasteiger partial charge on any atom is 0.329 e. The van der Waals surface area contributed by atoms with Gasteiger partial charge < -0.3 is 19.9 Å². The highest BCUT2D eigenvalue weighted by atomic mass is 16.5. The molecular formula is C16H27NO5. The zero-order valence-corrected chi connectivity index (χ0v) is 13.5. The Morgan fingerprint density at radius 1 is 1.36 bits per heavy atom. The number of carbonyl (C=O) groups is 2. The number of hydrogen-bond acceptors (Lipinski definition) is 4. The lowest BCUT2D eigenvalue weighted by molar-refractivity contribution is -0.152. The van der Waals surface area contributed by atoms with Gasteiger partial charge in [0, 0.05) is 6.61 Å². The van der Waals surface area contributed by atoms with E-state index in [4.69, 9.17) is 9.47 Å². The molecule has 6 heteroatoms. The number of carboxylic acids is 1. The Morgan fingerprint density at radius 3 is 2.59 bits per heavy atom. The van der Waals surface area contributed by atoms with Gasteiger partial charge in [0.25, 0.3) is 0 Å². The molecule has 0 aromatic carbocycles. The summed E-state index contributed by atoms with van der Waals surface area (Å²) in [4.78, 5) is 23.9. The second-order valence-corrected chi connectivity index (χ2v) is 6.67. The first-order valence-corrected chi connectivity index (χ1v) is 8.21. The van der Waals surface area contributed by atoms with E-state index >= 15 is 0 Å². The molecule has 1 saturated heterocycles. The van der Waals surface area contributed by atoms with Crippen molar-refractivity contribution in [3.63, 3.8) is 0 Å². The van der Waals surface area contributed by atoms with Crippen LogP contribution in [0.5, 0.6) is 0 Å². The molecule has 2 aliphatic rings. The van der Waals surface area contributed by atoms with E-state index in [9.17, 15) is 14.7 Å². The molecule has 1 amide bonds. The summed E-state index contributed by atoms with van der Waals surface area (Å²) < 4.78 is 11.0. The van der Waals surface area contributed by atoms with Crippen LogP contribution >= 0.6 is 0 Å². The Kier molecular flexibility index (Phi) is 5.81. The third-order valence-corrected chi connectivity index (χ3v) is 4.83. The molecule has 2 fully saturated rings. The fraction of sp³-hybridized carbons (Fsp3) is 0.875. The van der Waals surface area contributed by atoms with E-state index in [1.54, 1.807) is 6.92 Å². The smallest absolute Gasteiger partial charge is 0.329 e. The van der Waals surface area contributed by atoms with Crippen LogP contribution in [-0.4, -0.2) is 47.9 Å². The van der Waals surface area contributed by atoms with Crippen molar-refractivity contribution in [1.82, 2.24) is 5.32 Å². The van der Waals surface area contributed by atoms with Crippen LogP contribution in [0.4, 0.5) is 0 Å². The van der Waals surface area contributed by atoms with Crippen LogP contribution in [0.15, 0.2) is 0 Å². The molecule has 0 bridgehead atoms. The number of carboxylic acid groups (broad SMARTS) is 1. The number of nitrogens with one attached hydrogen (secondary N) is 1. The third-order valence-electron chi connectivity index (χ3n) is 4.83. The lowest BCUT2D eigenvalue weighted by Gasteiger charge is -2.37. The fourth-order valence-electron chi connectivity index (χ4n) is 3.09. The molecule has 6 nitrogen and oxygen atoms in total. The van der Waals surface area contributed by atoms with Gasteiger partial charge in [0.1, 0.15) is 11.6 Å². The monoisotopic (exact) mass is 313 g/mol. The van der Waals surface area contributed by atoms with E-state index < -0.39 is 17.6 Å². The normalized spacial score (nSPS) is 33.4. The Hall–Kier alpha value is -1.14. The molecule has 0 aromatic heterocycles. The summed E-state index contributed by atoms with van der Waals surface area (Å²) in [7, 11) is 0. The summed E-state index contributed by atoms with van der Waals surface area (Å²) in [6.45, 7) is 4.90. The second-order valence-electron chi connectivity index (χ2n) is 6.67. The molecule has 1 aliphatic heterocycles. The maximum atomic E-state index is 12.3. The van der Waals surface area contributed by atoms with Gasteiger partial charge in [-0.2, -0.15) is 0 Å². The summed E-state index contributed by atoms with van der Waals surface area (Å²) in [5, 5.41) is 12.3. The highest BCUT2D eigenvalue weighted by Gasteiger charge is 2.43. The minimum Gasteiger partial charge on any atom is -0.480 e. The fourth-order valence-corrected chi connectivity index (χ4v) is 3.09. The molecule has 2 atom stereocenters. The molecule has 2 rings (SSSR count). The first-order valence-electron chi connectivity index (χ1n) is 8.21. The van der Waals surface area contributed by atoms with Crippen molar-refractivity contribution in [3.8, 4) is 0 Å². The van der Waals surface area contributed by atoms with Gasteiger partial charge in [0.15, 0.2) is 0 Å². The third kappa shape index (κ3) is 4.20. The van der Waals surface area contributed by atoms with Gasteiger partial charge in [-0.1, -0.05) is 6.92 Å². The molecule has 0 radical (unpaired) electrons. The average Bonchev–Trinajstić information content (AvgIpc) is 3.00. The SMILES string of the molecule is CC1CCC(NC(=O)C(C)OCC2CCCO2)(C(=O)O)CC1. The van der Waals surface area contributed by atoms with Crippen LogP contribution in [0.1, 0.15) is 52.4 Å². The number of rotatable bonds is 6. The number of carbonyl (C=O) groups excluding carboxylic acids is 1. The van der Waals surface area contributed by atoms with Crippen molar-refractivity contribution in [2.24, 2.45) is 5.92 Å². The standard InChI is InChI=1S/C16H27NO5/c1-11-5-7-16(8-6-11,15(19)20)17-14(18)12(2)22-10-13-4-3-9-21-13/h11-13H,3-10H2,1-2H3,(H,17,18)(H,19,20). The van der Waals surface area contributed by atoms with Crippen LogP contribution in [0.3, 0.4) is 0 Å². The predicted molar refractivity (Wildman–Crippen MR) is 80.5 cm³/mol. The molecule has 0 spiro atoms. The predicted octanol–water partition coefficient (Wildman–Crippen LogP) is 1.72. The van der Waals surface area contributed by atoms with Gasteiger partial charge in [-0.3, -0.25) is 4.79 Å². The zero-order chi connectivity index (χ0) is 16.2. The van der Waals surface area contributed by atoms with Crippen LogP contribution in [0.25, 0.3) is 0 Å². The van der Waals surface area contributed by atoms with Crippen LogP contribution < -0.4 is 5.32 Å².